The molecule has 0 spiro atoms. The maximum atomic E-state index is 6.35. The van der Waals surface area contributed by atoms with Crippen LogP contribution in [0.2, 0.25) is 0 Å². The number of methoxy groups -OCH3 is 1. The summed E-state index contributed by atoms with van der Waals surface area (Å²) in [5.41, 5.74) is 11.8. The zero-order valence-corrected chi connectivity index (χ0v) is 15.9. The van der Waals surface area contributed by atoms with Crippen molar-refractivity contribution in [2.75, 3.05) is 12.8 Å². The molecule has 0 aliphatic carbocycles. The van der Waals surface area contributed by atoms with Crippen LogP contribution in [0.3, 0.4) is 0 Å². The summed E-state index contributed by atoms with van der Waals surface area (Å²) in [6, 6.07) is 17.4. The van der Waals surface area contributed by atoms with Gasteiger partial charge >= 0.3 is 0 Å². The minimum absolute atomic E-state index is 0.402. The van der Waals surface area contributed by atoms with Gasteiger partial charge in [0.05, 0.1) is 24.2 Å². The summed E-state index contributed by atoms with van der Waals surface area (Å²) < 4.78 is 6.80. The largest absolute Gasteiger partial charge is 0.497 e. The summed E-state index contributed by atoms with van der Waals surface area (Å²) in [6.07, 6.45) is 0. The quantitative estimate of drug-likeness (QED) is 0.509. The first-order valence-electron chi connectivity index (χ1n) is 8.84. The van der Waals surface area contributed by atoms with Crippen LogP contribution in [0.15, 0.2) is 64.8 Å². The van der Waals surface area contributed by atoms with Gasteiger partial charge in [-0.25, -0.2) is 4.98 Å². The number of anilines is 1. The van der Waals surface area contributed by atoms with E-state index in [1.54, 1.807) is 11.6 Å². The van der Waals surface area contributed by atoms with Gasteiger partial charge in [-0.3, -0.25) is 0 Å². The fourth-order valence-electron chi connectivity index (χ4n) is 2.94. The monoisotopic (exact) mass is 372 g/mol. The Labute approximate surface area is 162 Å². The van der Waals surface area contributed by atoms with Crippen molar-refractivity contribution in [1.29, 1.82) is 0 Å². The first-order valence-corrected chi connectivity index (χ1v) is 8.84. The summed E-state index contributed by atoms with van der Waals surface area (Å²) >= 11 is 0. The van der Waals surface area contributed by atoms with E-state index in [2.05, 4.69) is 20.3 Å². The lowest BCUT2D eigenvalue weighted by molar-refractivity contribution is 0.415. The average molecular weight is 372 g/mol. The van der Waals surface area contributed by atoms with Gasteiger partial charge in [-0.15, -0.1) is 5.11 Å². The molecule has 0 saturated heterocycles. The number of ether oxygens (including phenoxy) is 1. The molecule has 2 aromatic heterocycles. The topological polar surface area (TPSA) is 90.2 Å². The summed E-state index contributed by atoms with van der Waals surface area (Å²) in [4.78, 5) is 4.59. The van der Waals surface area contributed by atoms with Crippen molar-refractivity contribution in [3.63, 3.8) is 0 Å². The van der Waals surface area contributed by atoms with Crippen LogP contribution in [0.5, 0.6) is 5.75 Å². The molecular weight excluding hydrogens is 352 g/mol. The van der Waals surface area contributed by atoms with Gasteiger partial charge < -0.3 is 10.5 Å². The fourth-order valence-corrected chi connectivity index (χ4v) is 2.94. The summed E-state index contributed by atoms with van der Waals surface area (Å²) in [7, 11) is 1.64. The molecule has 2 N–H and O–H groups in total. The van der Waals surface area contributed by atoms with Crippen LogP contribution >= 0.6 is 0 Å². The van der Waals surface area contributed by atoms with Gasteiger partial charge in [-0.1, -0.05) is 18.2 Å². The van der Waals surface area contributed by atoms with E-state index in [1.165, 1.54) is 0 Å². The van der Waals surface area contributed by atoms with Crippen LogP contribution in [0, 0.1) is 13.8 Å². The number of azo groups is 1. The number of benzene rings is 2. The van der Waals surface area contributed by atoms with Crippen LogP contribution in [-0.4, -0.2) is 21.7 Å². The zero-order chi connectivity index (χ0) is 19.7. The molecule has 0 unspecified atom stereocenters. The third-order valence-corrected chi connectivity index (χ3v) is 4.55. The molecule has 140 valence electrons. The summed E-state index contributed by atoms with van der Waals surface area (Å²) in [5, 5.41) is 13.3. The minimum Gasteiger partial charge on any atom is -0.497 e. The Morgan fingerprint density at radius 2 is 1.75 bits per heavy atom. The molecule has 2 heterocycles. The van der Waals surface area contributed by atoms with Gasteiger partial charge in [-0.05, 0) is 49.7 Å². The number of aryl methyl sites for hydroxylation is 2. The first kappa shape index (κ1) is 17.7. The van der Waals surface area contributed by atoms with Gasteiger partial charge in [0.25, 0.3) is 0 Å². The van der Waals surface area contributed by atoms with E-state index in [9.17, 15) is 0 Å². The molecule has 0 atom stereocenters. The lowest BCUT2D eigenvalue weighted by Gasteiger charge is -2.05. The van der Waals surface area contributed by atoms with Crippen LogP contribution in [-0.2, 0) is 0 Å². The van der Waals surface area contributed by atoms with Crippen molar-refractivity contribution in [2.24, 2.45) is 10.2 Å². The van der Waals surface area contributed by atoms with Gasteiger partial charge in [0.15, 0.2) is 11.5 Å². The highest BCUT2D eigenvalue weighted by molar-refractivity contribution is 5.70. The Bertz CT molecular complexity index is 1180. The molecular formula is C21H20N6O. The van der Waals surface area contributed by atoms with Crippen molar-refractivity contribution < 1.29 is 4.74 Å². The van der Waals surface area contributed by atoms with E-state index >= 15 is 0 Å². The number of rotatable bonds is 4. The van der Waals surface area contributed by atoms with Crippen molar-refractivity contribution in [3.8, 4) is 17.0 Å². The van der Waals surface area contributed by atoms with Crippen molar-refractivity contribution in [3.05, 3.63) is 65.9 Å². The zero-order valence-electron chi connectivity index (χ0n) is 15.9. The molecule has 7 nitrogen and oxygen atoms in total. The summed E-state index contributed by atoms with van der Waals surface area (Å²) in [6.45, 7) is 3.85. The maximum Gasteiger partial charge on any atom is 0.158 e. The molecule has 4 rings (SSSR count). The van der Waals surface area contributed by atoms with E-state index in [0.717, 1.165) is 28.3 Å². The second-order valence-corrected chi connectivity index (χ2v) is 6.45. The van der Waals surface area contributed by atoms with Gasteiger partial charge in [-0.2, -0.15) is 14.7 Å². The number of nitrogens with two attached hydrogens (primary N) is 1. The van der Waals surface area contributed by atoms with E-state index in [0.29, 0.717) is 22.8 Å². The third kappa shape index (κ3) is 3.18. The first-order chi connectivity index (χ1) is 13.6. The predicted octanol–water partition coefficient (Wildman–Crippen LogP) is 5.02. The van der Waals surface area contributed by atoms with Crippen LogP contribution in [0.25, 0.3) is 16.9 Å². The molecule has 0 radical (unpaired) electrons. The van der Waals surface area contributed by atoms with Gasteiger partial charge in [0, 0.05) is 11.6 Å². The Kier molecular flexibility index (Phi) is 4.49. The highest BCUT2D eigenvalue weighted by Crippen LogP contribution is 2.31. The average Bonchev–Trinajstić information content (AvgIpc) is 3.13. The highest BCUT2D eigenvalue weighted by Gasteiger charge is 2.14. The minimum atomic E-state index is 0.402. The Morgan fingerprint density at radius 3 is 2.46 bits per heavy atom. The van der Waals surface area contributed by atoms with Crippen LogP contribution < -0.4 is 10.5 Å². The molecule has 0 bridgehead atoms. The lowest BCUT2D eigenvalue weighted by atomic mass is 10.1. The molecule has 0 aliphatic rings. The fraction of sp³-hybridized carbons (Fsp3) is 0.143. The second kappa shape index (κ2) is 7.11. The molecule has 0 aliphatic heterocycles. The number of hydrogen-bond acceptors (Lipinski definition) is 6. The van der Waals surface area contributed by atoms with Crippen molar-refractivity contribution >= 4 is 22.8 Å². The van der Waals surface area contributed by atoms with E-state index < -0.39 is 0 Å². The standard InChI is InChI=1S/C21H20N6O/c1-13-6-4-5-7-17(13)24-25-20-14(2)23-19-12-18(26-27(19)21(20)22)15-8-10-16(28-3)11-9-15/h4-12H,22H2,1-3H3. The smallest absolute Gasteiger partial charge is 0.158 e. The summed E-state index contributed by atoms with van der Waals surface area (Å²) in [5.74, 6) is 1.19. The van der Waals surface area contributed by atoms with Crippen LogP contribution in [0.1, 0.15) is 11.3 Å². The molecule has 0 saturated carbocycles. The van der Waals surface area contributed by atoms with Gasteiger partial charge in [0.1, 0.15) is 11.4 Å². The number of aromatic nitrogens is 3. The second-order valence-electron chi connectivity index (χ2n) is 6.45. The molecule has 28 heavy (non-hydrogen) atoms. The molecule has 2 aromatic carbocycles. The number of nitrogen functional groups attached to an aromatic ring is 1. The number of fused-ring (bicyclic) bond motifs is 1. The molecule has 0 amide bonds. The lowest BCUT2D eigenvalue weighted by Crippen LogP contribution is -2.02. The van der Waals surface area contributed by atoms with Crippen molar-refractivity contribution in [2.45, 2.75) is 13.8 Å². The normalized spacial score (nSPS) is 11.4. The Hall–Kier alpha value is -3.74. The van der Waals surface area contributed by atoms with Crippen LogP contribution in [0.4, 0.5) is 17.2 Å². The van der Waals surface area contributed by atoms with Gasteiger partial charge in [0.2, 0.25) is 0 Å². The number of nitrogens with zero attached hydrogens (tertiary/aromatic N) is 5. The molecule has 4 aromatic rings. The van der Waals surface area contributed by atoms with E-state index in [4.69, 9.17) is 10.5 Å². The predicted molar refractivity (Wildman–Crippen MR) is 109 cm³/mol. The Morgan fingerprint density at radius 1 is 1.00 bits per heavy atom. The van der Waals surface area contributed by atoms with E-state index in [1.807, 2.05) is 68.4 Å². The maximum absolute atomic E-state index is 6.35. The highest BCUT2D eigenvalue weighted by atomic mass is 16.5. The molecule has 7 heteroatoms. The Balaban J connectivity index is 1.76. The molecule has 0 fully saturated rings. The SMILES string of the molecule is COc1ccc(-c2cc3nc(C)c(N=Nc4ccccc4C)c(N)n3n2)cc1. The van der Waals surface area contributed by atoms with E-state index in [-0.39, 0.29) is 0 Å². The van der Waals surface area contributed by atoms with Crippen molar-refractivity contribution in [1.82, 2.24) is 14.6 Å². The number of hydrogen-bond donors (Lipinski definition) is 1. The third-order valence-electron chi connectivity index (χ3n) is 4.55.